The Morgan fingerprint density at radius 1 is 1.02 bits per heavy atom. The molecule has 10 nitrogen and oxygen atoms in total. The molecular formula is C32H33FN8O2. The number of fused-ring (bicyclic) bond motifs is 1. The average molecular weight is 581 g/mol. The SMILES string of the molecule is Nc1nc(Nc2ccc(N3CCNCC3)cc2)nc(-c2cccc(N3CCc4cc(C5CC5)cc(F)c4C3=O)c2CO)n1. The van der Waals surface area contributed by atoms with Crippen LogP contribution in [0.1, 0.15) is 45.8 Å². The molecule has 5 N–H and O–H groups in total. The average Bonchev–Trinajstić information content (AvgIpc) is 3.87. The van der Waals surface area contributed by atoms with Crippen molar-refractivity contribution in [3.63, 3.8) is 0 Å². The van der Waals surface area contributed by atoms with Crippen molar-refractivity contribution in [1.82, 2.24) is 20.3 Å². The topological polar surface area (TPSA) is 133 Å². The zero-order chi connectivity index (χ0) is 29.5. The first kappa shape index (κ1) is 27.2. The van der Waals surface area contributed by atoms with Crippen molar-refractivity contribution < 1.29 is 14.3 Å². The van der Waals surface area contributed by atoms with E-state index in [4.69, 9.17) is 5.73 Å². The molecule has 1 saturated carbocycles. The molecule has 1 saturated heterocycles. The summed E-state index contributed by atoms with van der Waals surface area (Å²) in [6, 6.07) is 16.8. The van der Waals surface area contributed by atoms with Gasteiger partial charge in [0.2, 0.25) is 11.9 Å². The first-order valence-corrected chi connectivity index (χ1v) is 14.7. The van der Waals surface area contributed by atoms with Gasteiger partial charge in [0.25, 0.3) is 5.91 Å². The van der Waals surface area contributed by atoms with Crippen molar-refractivity contribution in [2.75, 3.05) is 53.6 Å². The summed E-state index contributed by atoms with van der Waals surface area (Å²) < 4.78 is 15.2. The first-order chi connectivity index (χ1) is 21.0. The highest BCUT2D eigenvalue weighted by molar-refractivity contribution is 6.09. The van der Waals surface area contributed by atoms with Gasteiger partial charge in [-0.3, -0.25) is 4.79 Å². The van der Waals surface area contributed by atoms with Gasteiger partial charge in [-0.25, -0.2) is 4.39 Å². The minimum absolute atomic E-state index is 0.00995. The van der Waals surface area contributed by atoms with E-state index in [0.717, 1.165) is 61.5 Å². The number of benzene rings is 3. The fraction of sp³-hybridized carbons (Fsp3) is 0.312. The number of carbonyl (C=O) groups is 1. The summed E-state index contributed by atoms with van der Waals surface area (Å²) in [5.74, 6) is 0.00403. The number of nitrogens with zero attached hydrogens (tertiary/aromatic N) is 5. The zero-order valence-corrected chi connectivity index (χ0v) is 23.7. The number of nitrogens with two attached hydrogens (primary N) is 1. The van der Waals surface area contributed by atoms with Gasteiger partial charge in [-0.15, -0.1) is 0 Å². The lowest BCUT2D eigenvalue weighted by Crippen LogP contribution is -2.43. The second-order valence-electron chi connectivity index (χ2n) is 11.2. The van der Waals surface area contributed by atoms with Crippen LogP contribution in [0.5, 0.6) is 0 Å². The zero-order valence-electron chi connectivity index (χ0n) is 23.7. The van der Waals surface area contributed by atoms with E-state index in [1.807, 2.05) is 18.2 Å². The maximum absolute atomic E-state index is 15.2. The lowest BCUT2D eigenvalue weighted by atomic mass is 9.93. The molecule has 1 aliphatic carbocycles. The quantitative estimate of drug-likeness (QED) is 0.256. The molecule has 3 heterocycles. The Morgan fingerprint density at radius 2 is 1.81 bits per heavy atom. The number of aliphatic hydroxyl groups is 1. The Morgan fingerprint density at radius 3 is 2.56 bits per heavy atom. The van der Waals surface area contributed by atoms with Gasteiger partial charge in [-0.1, -0.05) is 18.2 Å². The van der Waals surface area contributed by atoms with Gasteiger partial charge in [0, 0.05) is 55.2 Å². The molecule has 7 rings (SSSR count). The third kappa shape index (κ3) is 5.37. The smallest absolute Gasteiger partial charge is 0.261 e. The molecule has 220 valence electrons. The third-order valence-corrected chi connectivity index (χ3v) is 8.41. The Labute approximate surface area is 248 Å². The van der Waals surface area contributed by atoms with Crippen molar-refractivity contribution in [3.05, 3.63) is 82.7 Å². The maximum Gasteiger partial charge on any atom is 0.261 e. The fourth-order valence-corrected chi connectivity index (χ4v) is 6.05. The van der Waals surface area contributed by atoms with E-state index in [1.54, 1.807) is 18.2 Å². The van der Waals surface area contributed by atoms with Crippen LogP contribution in [0.2, 0.25) is 0 Å². The summed E-state index contributed by atoms with van der Waals surface area (Å²) in [4.78, 5) is 30.7. The summed E-state index contributed by atoms with van der Waals surface area (Å²) in [5, 5.41) is 17.1. The number of anilines is 5. The molecule has 0 radical (unpaired) electrons. The van der Waals surface area contributed by atoms with Crippen LogP contribution in [0.15, 0.2) is 54.6 Å². The van der Waals surface area contributed by atoms with E-state index >= 15 is 4.39 Å². The Bertz CT molecular complexity index is 1690. The van der Waals surface area contributed by atoms with Crippen molar-refractivity contribution in [1.29, 1.82) is 0 Å². The molecule has 43 heavy (non-hydrogen) atoms. The maximum atomic E-state index is 15.2. The van der Waals surface area contributed by atoms with Gasteiger partial charge in [0.1, 0.15) is 5.82 Å². The van der Waals surface area contributed by atoms with E-state index in [-0.39, 0.29) is 29.9 Å². The van der Waals surface area contributed by atoms with Crippen molar-refractivity contribution in [2.45, 2.75) is 31.8 Å². The van der Waals surface area contributed by atoms with Crippen LogP contribution in [-0.4, -0.2) is 58.7 Å². The van der Waals surface area contributed by atoms with E-state index in [9.17, 15) is 9.90 Å². The van der Waals surface area contributed by atoms with Crippen LogP contribution in [0.25, 0.3) is 11.4 Å². The van der Waals surface area contributed by atoms with E-state index < -0.39 is 11.7 Å². The summed E-state index contributed by atoms with van der Waals surface area (Å²) in [6.45, 7) is 3.82. The molecule has 0 bridgehead atoms. The minimum atomic E-state index is -0.488. The van der Waals surface area contributed by atoms with Gasteiger partial charge in [0.05, 0.1) is 17.9 Å². The van der Waals surface area contributed by atoms with Crippen LogP contribution in [0.4, 0.5) is 33.3 Å². The molecule has 2 fully saturated rings. The molecule has 4 aromatic rings. The second kappa shape index (κ2) is 11.2. The number of hydrogen-bond acceptors (Lipinski definition) is 9. The standard InChI is InChI=1S/C32H33FN8O2/c33-26-17-21(19-4-5-19)16-20-10-13-41(30(43)28(20)26)27-3-1-2-24(25(27)18-42)29-37-31(34)39-32(38-29)36-22-6-8-23(9-7-22)40-14-11-35-12-15-40/h1-3,6-9,16-17,19,35,42H,4-5,10-15,18H2,(H3,34,36,37,38,39). The monoisotopic (exact) mass is 580 g/mol. The number of nitrogens with one attached hydrogen (secondary N) is 2. The third-order valence-electron chi connectivity index (χ3n) is 8.41. The first-order valence-electron chi connectivity index (χ1n) is 14.7. The number of carbonyl (C=O) groups excluding carboxylic acids is 1. The highest BCUT2D eigenvalue weighted by Gasteiger charge is 2.33. The van der Waals surface area contributed by atoms with Gasteiger partial charge in [0.15, 0.2) is 5.82 Å². The molecule has 1 aromatic heterocycles. The summed E-state index contributed by atoms with van der Waals surface area (Å²) in [6.07, 6.45) is 2.65. The number of amides is 1. The molecule has 1 amide bonds. The lowest BCUT2D eigenvalue weighted by Gasteiger charge is -2.31. The Hall–Kier alpha value is -4.61. The number of hydrogen-bond donors (Lipinski definition) is 4. The van der Waals surface area contributed by atoms with Crippen molar-refractivity contribution in [2.24, 2.45) is 0 Å². The predicted octanol–water partition coefficient (Wildman–Crippen LogP) is 3.99. The molecule has 11 heteroatoms. The minimum Gasteiger partial charge on any atom is -0.392 e. The molecular weight excluding hydrogens is 547 g/mol. The Balaban J connectivity index is 1.17. The molecule has 0 unspecified atom stereocenters. The van der Waals surface area contributed by atoms with Gasteiger partial charge in [-0.2, -0.15) is 15.0 Å². The fourth-order valence-electron chi connectivity index (χ4n) is 6.05. The van der Waals surface area contributed by atoms with Crippen LogP contribution < -0.4 is 26.2 Å². The number of nitrogen functional groups attached to an aromatic ring is 1. The predicted molar refractivity (Wildman–Crippen MR) is 164 cm³/mol. The van der Waals surface area contributed by atoms with Crippen molar-refractivity contribution >= 4 is 34.9 Å². The molecule has 3 aliphatic rings. The largest absolute Gasteiger partial charge is 0.392 e. The van der Waals surface area contributed by atoms with E-state index in [1.165, 1.54) is 11.0 Å². The number of piperazine rings is 1. The van der Waals surface area contributed by atoms with Gasteiger partial charge >= 0.3 is 0 Å². The van der Waals surface area contributed by atoms with E-state index in [0.29, 0.717) is 35.7 Å². The molecule has 0 atom stereocenters. The number of rotatable bonds is 7. The number of aliphatic hydroxyl groups excluding tert-OH is 1. The highest BCUT2D eigenvalue weighted by Crippen LogP contribution is 2.42. The van der Waals surface area contributed by atoms with Crippen molar-refractivity contribution in [3.8, 4) is 11.4 Å². The normalized spacial score (nSPS) is 16.7. The summed E-state index contributed by atoms with van der Waals surface area (Å²) in [7, 11) is 0. The number of aromatic nitrogens is 3. The summed E-state index contributed by atoms with van der Waals surface area (Å²) in [5.41, 5.74) is 11.3. The van der Waals surface area contributed by atoms with Crippen LogP contribution in [0.3, 0.4) is 0 Å². The van der Waals surface area contributed by atoms with Crippen LogP contribution >= 0.6 is 0 Å². The Kier molecular flexibility index (Phi) is 7.12. The summed E-state index contributed by atoms with van der Waals surface area (Å²) >= 11 is 0. The second-order valence-corrected chi connectivity index (χ2v) is 11.2. The highest BCUT2D eigenvalue weighted by atomic mass is 19.1. The molecule has 0 spiro atoms. The van der Waals surface area contributed by atoms with Crippen LogP contribution in [0, 0.1) is 5.82 Å². The van der Waals surface area contributed by atoms with Crippen LogP contribution in [-0.2, 0) is 13.0 Å². The molecule has 2 aliphatic heterocycles. The van der Waals surface area contributed by atoms with Gasteiger partial charge < -0.3 is 31.3 Å². The molecule has 3 aromatic carbocycles. The number of halogens is 1. The lowest BCUT2D eigenvalue weighted by molar-refractivity contribution is 0.0976. The van der Waals surface area contributed by atoms with Gasteiger partial charge in [-0.05, 0) is 72.7 Å². The van der Waals surface area contributed by atoms with E-state index in [2.05, 4.69) is 42.6 Å².